The third-order valence-electron chi connectivity index (χ3n) is 5.41. The van der Waals surface area contributed by atoms with Crippen molar-refractivity contribution in [2.75, 3.05) is 13.2 Å². The summed E-state index contributed by atoms with van der Waals surface area (Å²) < 4.78 is 24.6. The summed E-state index contributed by atoms with van der Waals surface area (Å²) in [5.74, 6) is -0.641. The van der Waals surface area contributed by atoms with E-state index >= 15 is 0 Å². The van der Waals surface area contributed by atoms with Crippen LogP contribution < -0.4 is 16.6 Å². The number of hydrogen-bond donors (Lipinski definition) is 2. The monoisotopic (exact) mass is 434 g/mol. The Bertz CT molecular complexity index is 1090. The van der Waals surface area contributed by atoms with Crippen LogP contribution in [-0.4, -0.2) is 57.9 Å². The van der Waals surface area contributed by atoms with Crippen molar-refractivity contribution < 1.29 is 23.5 Å². The van der Waals surface area contributed by atoms with Gasteiger partial charge in [0.1, 0.15) is 24.1 Å². The lowest BCUT2D eigenvalue weighted by atomic mass is 9.97. The molecule has 2 aromatic heterocycles. The summed E-state index contributed by atoms with van der Waals surface area (Å²) in [6.45, 7) is 7.34. The van der Waals surface area contributed by atoms with Crippen LogP contribution in [0.4, 0.5) is 0 Å². The van der Waals surface area contributed by atoms with Crippen LogP contribution in [0.25, 0.3) is 0 Å². The molecule has 4 rings (SSSR count). The summed E-state index contributed by atoms with van der Waals surface area (Å²) in [6, 6.07) is 1.22. The minimum absolute atomic E-state index is 0.0686. The average Bonchev–Trinajstić information content (AvgIpc) is 3.24. The lowest BCUT2D eigenvalue weighted by Gasteiger charge is -2.37. The van der Waals surface area contributed by atoms with Gasteiger partial charge in [-0.2, -0.15) is 0 Å². The number of H-pyrrole nitrogens is 1. The number of aryl methyl sites for hydroxylation is 2. The van der Waals surface area contributed by atoms with Crippen LogP contribution in [0.1, 0.15) is 36.9 Å². The van der Waals surface area contributed by atoms with Gasteiger partial charge in [0, 0.05) is 24.4 Å². The van der Waals surface area contributed by atoms with Crippen LogP contribution in [0.3, 0.4) is 0 Å². The summed E-state index contributed by atoms with van der Waals surface area (Å²) in [4.78, 5) is 38.7. The zero-order valence-electron chi connectivity index (χ0n) is 17.8. The molecule has 0 saturated carbocycles. The maximum Gasteiger partial charge on any atom is 0.328 e. The summed E-state index contributed by atoms with van der Waals surface area (Å²) >= 11 is 0. The van der Waals surface area contributed by atoms with Gasteiger partial charge in [0.05, 0.1) is 24.8 Å². The van der Waals surface area contributed by atoms with Crippen LogP contribution >= 0.6 is 0 Å². The topological polar surface area (TPSA) is 138 Å². The van der Waals surface area contributed by atoms with Crippen molar-refractivity contribution in [3.63, 3.8) is 0 Å². The Hall–Kier alpha value is -2.76. The molecule has 11 heteroatoms. The molecule has 1 amide bonds. The molecular formula is C20H26N4O7. The van der Waals surface area contributed by atoms with E-state index in [9.17, 15) is 14.4 Å². The highest BCUT2D eigenvalue weighted by atomic mass is 16.8. The predicted molar refractivity (Wildman–Crippen MR) is 107 cm³/mol. The number of aromatic nitrogens is 3. The molecular weight excluding hydrogens is 408 g/mol. The number of ether oxygens (including phenoxy) is 3. The summed E-state index contributed by atoms with van der Waals surface area (Å²) in [7, 11) is 0. The molecule has 2 aromatic rings. The number of nitrogens with zero attached hydrogens (tertiary/aromatic N) is 2. The van der Waals surface area contributed by atoms with Crippen LogP contribution in [0.5, 0.6) is 0 Å². The van der Waals surface area contributed by atoms with E-state index in [0.29, 0.717) is 17.0 Å². The first-order chi connectivity index (χ1) is 14.6. The van der Waals surface area contributed by atoms with Gasteiger partial charge in [0.25, 0.3) is 5.56 Å². The number of amides is 1. The molecule has 0 bridgehead atoms. The average molecular weight is 434 g/mol. The molecule has 4 heterocycles. The highest BCUT2D eigenvalue weighted by molar-refractivity contribution is 5.77. The van der Waals surface area contributed by atoms with E-state index in [2.05, 4.69) is 15.5 Å². The largest absolute Gasteiger partial charge is 0.371 e. The fraction of sp³-hybridized carbons (Fsp3) is 0.600. The van der Waals surface area contributed by atoms with Gasteiger partial charge in [-0.05, 0) is 27.7 Å². The fourth-order valence-corrected chi connectivity index (χ4v) is 4.00. The van der Waals surface area contributed by atoms with Crippen LogP contribution in [0, 0.1) is 13.8 Å². The van der Waals surface area contributed by atoms with Crippen molar-refractivity contribution in [3.8, 4) is 0 Å². The van der Waals surface area contributed by atoms with Gasteiger partial charge >= 0.3 is 5.69 Å². The minimum atomic E-state index is -0.887. The normalized spacial score (nSPS) is 27.1. The lowest BCUT2D eigenvalue weighted by molar-refractivity contribution is -0.153. The van der Waals surface area contributed by atoms with E-state index in [4.69, 9.17) is 18.7 Å². The quantitative estimate of drug-likeness (QED) is 0.669. The van der Waals surface area contributed by atoms with Crippen molar-refractivity contribution in [3.05, 3.63) is 50.1 Å². The van der Waals surface area contributed by atoms with E-state index in [1.54, 1.807) is 33.8 Å². The second-order valence-corrected chi connectivity index (χ2v) is 8.40. The Kier molecular flexibility index (Phi) is 5.58. The van der Waals surface area contributed by atoms with Crippen molar-refractivity contribution in [1.82, 2.24) is 20.0 Å². The van der Waals surface area contributed by atoms with Crippen LogP contribution in [0.15, 0.2) is 26.4 Å². The summed E-state index contributed by atoms with van der Waals surface area (Å²) in [5.41, 5.74) is 0.150. The molecule has 2 aliphatic rings. The molecule has 2 N–H and O–H groups in total. The smallest absolute Gasteiger partial charge is 0.328 e. The molecule has 0 aromatic carbocycles. The molecule has 2 fully saturated rings. The number of rotatable bonds is 5. The van der Waals surface area contributed by atoms with E-state index < -0.39 is 41.4 Å². The number of aromatic amines is 1. The Morgan fingerprint density at radius 1 is 1.29 bits per heavy atom. The van der Waals surface area contributed by atoms with Crippen molar-refractivity contribution in [2.45, 2.75) is 64.3 Å². The predicted octanol–water partition coefficient (Wildman–Crippen LogP) is -0.0397. The Labute approximate surface area is 177 Å². The molecule has 31 heavy (non-hydrogen) atoms. The first-order valence-corrected chi connectivity index (χ1v) is 10.1. The Morgan fingerprint density at radius 3 is 2.74 bits per heavy atom. The molecule has 168 valence electrons. The number of carbonyl (C=O) groups is 1. The van der Waals surface area contributed by atoms with Gasteiger partial charge in [0.2, 0.25) is 5.91 Å². The molecule has 2 aliphatic heterocycles. The maximum atomic E-state index is 12.4. The van der Waals surface area contributed by atoms with E-state index in [1.807, 2.05) is 0 Å². The molecule has 0 radical (unpaired) electrons. The molecule has 11 nitrogen and oxygen atoms in total. The molecule has 0 unspecified atom stereocenters. The molecule has 4 atom stereocenters. The van der Waals surface area contributed by atoms with Crippen molar-refractivity contribution in [2.24, 2.45) is 0 Å². The Morgan fingerprint density at radius 2 is 2.03 bits per heavy atom. The first kappa shape index (κ1) is 21.5. The number of carbonyl (C=O) groups excluding carboxylic acids is 1. The zero-order valence-corrected chi connectivity index (χ0v) is 17.8. The summed E-state index contributed by atoms with van der Waals surface area (Å²) in [5, 5.41) is 6.60. The van der Waals surface area contributed by atoms with E-state index in [-0.39, 0.29) is 25.5 Å². The molecule has 2 saturated heterocycles. The zero-order chi connectivity index (χ0) is 22.3. The second-order valence-electron chi connectivity index (χ2n) is 8.40. The standard InChI is InChI=1S/C20H26N4O7/c1-10-8-24(19(27)22-18(10)26)13-9-28-14(17-16(13)29-20(3,4)30-17)7-21-15(25)6-12-5-11(2)23-31-12/h5,8,13-14,16-17H,6-7,9H2,1-4H3,(H,21,25)(H,22,26,27)/t13-,14-,16+,17-/m1/s1. The van der Waals surface area contributed by atoms with Gasteiger partial charge in [-0.25, -0.2) is 4.79 Å². The number of hydrogen-bond acceptors (Lipinski definition) is 8. The molecule has 0 aliphatic carbocycles. The third-order valence-corrected chi connectivity index (χ3v) is 5.41. The maximum absolute atomic E-state index is 12.4. The highest BCUT2D eigenvalue weighted by Crippen LogP contribution is 2.39. The highest BCUT2D eigenvalue weighted by Gasteiger charge is 2.52. The second kappa shape index (κ2) is 8.06. The van der Waals surface area contributed by atoms with Crippen LogP contribution in [-0.2, 0) is 25.4 Å². The first-order valence-electron chi connectivity index (χ1n) is 10.1. The minimum Gasteiger partial charge on any atom is -0.371 e. The van der Waals surface area contributed by atoms with Gasteiger partial charge in [-0.15, -0.1) is 0 Å². The summed E-state index contributed by atoms with van der Waals surface area (Å²) in [6.07, 6.45) is 0.0935. The van der Waals surface area contributed by atoms with Crippen LogP contribution in [0.2, 0.25) is 0 Å². The van der Waals surface area contributed by atoms with E-state index in [1.165, 1.54) is 10.8 Å². The third kappa shape index (κ3) is 4.48. The fourth-order valence-electron chi connectivity index (χ4n) is 4.00. The van der Waals surface area contributed by atoms with Gasteiger partial charge < -0.3 is 24.1 Å². The van der Waals surface area contributed by atoms with Gasteiger partial charge in [-0.1, -0.05) is 5.16 Å². The lowest BCUT2D eigenvalue weighted by Crippen LogP contribution is -2.54. The van der Waals surface area contributed by atoms with Crippen molar-refractivity contribution in [1.29, 1.82) is 0 Å². The number of nitrogens with one attached hydrogen (secondary N) is 2. The van der Waals surface area contributed by atoms with Gasteiger partial charge in [0.15, 0.2) is 5.79 Å². The number of fused-ring (bicyclic) bond motifs is 1. The Balaban J connectivity index is 1.48. The molecule has 0 spiro atoms. The van der Waals surface area contributed by atoms with Crippen molar-refractivity contribution >= 4 is 5.91 Å². The van der Waals surface area contributed by atoms with Gasteiger partial charge in [-0.3, -0.25) is 19.1 Å². The van der Waals surface area contributed by atoms with E-state index in [0.717, 1.165) is 0 Å². The SMILES string of the molecule is Cc1cc(CC(=O)NC[C@H]2OC[C@@H](n3cc(C)c(=O)[nH]c3=O)[C@@H]3OC(C)(C)O[C@@H]32)on1.